The zero-order valence-electron chi connectivity index (χ0n) is 17.8. The molecule has 1 fully saturated rings. The van der Waals surface area contributed by atoms with Gasteiger partial charge in [0.15, 0.2) is 10.1 Å². The summed E-state index contributed by atoms with van der Waals surface area (Å²) in [5, 5.41) is 1.87. The molecule has 2 heterocycles. The van der Waals surface area contributed by atoms with Crippen molar-refractivity contribution in [3.05, 3.63) is 46.5 Å². The van der Waals surface area contributed by atoms with Crippen molar-refractivity contribution in [3.8, 4) is 0 Å². The molecule has 2 amide bonds. The fraction of sp³-hybridized carbons (Fsp3) is 0.455. The largest absolute Gasteiger partial charge is 0.450 e. The van der Waals surface area contributed by atoms with Crippen molar-refractivity contribution in [3.63, 3.8) is 0 Å². The Labute approximate surface area is 190 Å². The lowest BCUT2D eigenvalue weighted by Gasteiger charge is -2.34. The van der Waals surface area contributed by atoms with Crippen LogP contribution in [0.1, 0.15) is 35.5 Å². The number of hydrogen-bond acceptors (Lipinski definition) is 7. The number of benzene rings is 1. The van der Waals surface area contributed by atoms with Crippen LogP contribution >= 0.6 is 23.1 Å². The molecule has 1 aliphatic heterocycles. The van der Waals surface area contributed by atoms with Gasteiger partial charge in [-0.3, -0.25) is 9.59 Å². The summed E-state index contributed by atoms with van der Waals surface area (Å²) in [7, 11) is 0. The molecule has 0 saturated carbocycles. The van der Waals surface area contributed by atoms with Crippen LogP contribution in [0.2, 0.25) is 0 Å². The van der Waals surface area contributed by atoms with Gasteiger partial charge in [0.2, 0.25) is 5.91 Å². The van der Waals surface area contributed by atoms with Crippen LogP contribution in [-0.4, -0.2) is 71.1 Å². The lowest BCUT2D eigenvalue weighted by atomic mass is 10.1. The molecule has 166 valence electrons. The van der Waals surface area contributed by atoms with Crippen LogP contribution in [-0.2, 0) is 22.4 Å². The number of amides is 2. The van der Waals surface area contributed by atoms with E-state index in [-0.39, 0.29) is 24.2 Å². The van der Waals surface area contributed by atoms with Crippen LogP contribution in [0.4, 0.5) is 4.79 Å². The van der Waals surface area contributed by atoms with Crippen LogP contribution in [0, 0.1) is 0 Å². The second-order valence-corrected chi connectivity index (χ2v) is 9.19. The molecule has 1 aliphatic rings. The van der Waals surface area contributed by atoms with Crippen LogP contribution in [0.3, 0.4) is 0 Å². The van der Waals surface area contributed by atoms with Gasteiger partial charge in [0.1, 0.15) is 0 Å². The Morgan fingerprint density at radius 2 is 1.74 bits per heavy atom. The number of rotatable bonds is 8. The van der Waals surface area contributed by atoms with Crippen LogP contribution in [0.25, 0.3) is 0 Å². The lowest BCUT2D eigenvalue weighted by Crippen LogP contribution is -2.51. The number of nitrogens with zero attached hydrogens (tertiary/aromatic N) is 3. The normalized spacial score (nSPS) is 13.9. The summed E-state index contributed by atoms with van der Waals surface area (Å²) < 4.78 is 5.79. The molecule has 0 unspecified atom stereocenters. The molecule has 0 spiro atoms. The molecule has 9 heteroatoms. The van der Waals surface area contributed by atoms with E-state index >= 15 is 0 Å². The predicted molar refractivity (Wildman–Crippen MR) is 122 cm³/mol. The van der Waals surface area contributed by atoms with Crippen molar-refractivity contribution in [2.45, 2.75) is 31.0 Å². The van der Waals surface area contributed by atoms with Crippen LogP contribution < -0.4 is 0 Å². The van der Waals surface area contributed by atoms with Gasteiger partial charge in [-0.05, 0) is 18.9 Å². The highest BCUT2D eigenvalue weighted by Gasteiger charge is 2.25. The highest BCUT2D eigenvalue weighted by atomic mass is 32.2. The van der Waals surface area contributed by atoms with Crippen molar-refractivity contribution >= 4 is 40.9 Å². The van der Waals surface area contributed by atoms with Gasteiger partial charge in [-0.1, -0.05) is 43.0 Å². The zero-order valence-corrected chi connectivity index (χ0v) is 19.5. The molecule has 0 N–H and O–H groups in total. The SMILES string of the molecule is CCOC(=O)N1CCN(C(=O)Cc2csc(SCC(=O)c3ccc(CC)cc3)n2)CC1. The number of Topliss-reactive ketones (excluding diaryl/α,β-unsaturated/α-hetero) is 1. The van der Waals surface area contributed by atoms with Gasteiger partial charge >= 0.3 is 6.09 Å². The smallest absolute Gasteiger partial charge is 0.409 e. The maximum atomic E-state index is 12.6. The highest BCUT2D eigenvalue weighted by Crippen LogP contribution is 2.24. The molecule has 3 rings (SSSR count). The molecule has 31 heavy (non-hydrogen) atoms. The average Bonchev–Trinajstić information content (AvgIpc) is 3.25. The summed E-state index contributed by atoms with van der Waals surface area (Å²) in [5.74, 6) is 0.389. The fourth-order valence-electron chi connectivity index (χ4n) is 3.19. The number of piperazine rings is 1. The van der Waals surface area contributed by atoms with Crippen LogP contribution in [0.5, 0.6) is 0 Å². The number of aromatic nitrogens is 1. The first-order valence-corrected chi connectivity index (χ1v) is 12.3. The summed E-state index contributed by atoms with van der Waals surface area (Å²) in [6, 6.07) is 7.71. The first-order valence-electron chi connectivity index (χ1n) is 10.4. The third kappa shape index (κ3) is 6.54. The van der Waals surface area contributed by atoms with Crippen molar-refractivity contribution in [2.75, 3.05) is 38.5 Å². The minimum atomic E-state index is -0.327. The topological polar surface area (TPSA) is 79.8 Å². The number of aryl methyl sites for hydroxylation is 1. The average molecular weight is 462 g/mol. The summed E-state index contributed by atoms with van der Waals surface area (Å²) in [5.41, 5.74) is 2.63. The third-order valence-corrected chi connectivity index (χ3v) is 7.10. The molecule has 0 atom stereocenters. The van der Waals surface area contributed by atoms with Gasteiger partial charge in [-0.25, -0.2) is 9.78 Å². The molecular formula is C22H27N3O4S2. The molecule has 1 aromatic heterocycles. The number of thiazole rings is 1. The van der Waals surface area contributed by atoms with E-state index in [2.05, 4.69) is 11.9 Å². The first kappa shape index (κ1) is 23.3. The van der Waals surface area contributed by atoms with Crippen molar-refractivity contribution in [2.24, 2.45) is 0 Å². The lowest BCUT2D eigenvalue weighted by molar-refractivity contribution is -0.132. The summed E-state index contributed by atoms with van der Waals surface area (Å²) in [6.45, 7) is 6.15. The van der Waals surface area contributed by atoms with Gasteiger partial charge in [-0.15, -0.1) is 11.3 Å². The first-order chi connectivity index (χ1) is 15.0. The summed E-state index contributed by atoms with van der Waals surface area (Å²) in [6.07, 6.45) is 0.847. The minimum Gasteiger partial charge on any atom is -0.450 e. The second-order valence-electron chi connectivity index (χ2n) is 7.11. The van der Waals surface area contributed by atoms with Crippen molar-refractivity contribution < 1.29 is 19.1 Å². The Bertz CT molecular complexity index is 906. The molecule has 2 aromatic rings. The van der Waals surface area contributed by atoms with E-state index in [4.69, 9.17) is 4.74 Å². The third-order valence-electron chi connectivity index (χ3n) is 5.03. The Hall–Kier alpha value is -2.39. The number of ketones is 1. The van der Waals surface area contributed by atoms with Gasteiger partial charge in [0, 0.05) is 37.1 Å². The Kier molecular flexibility index (Phi) is 8.48. The molecule has 0 radical (unpaired) electrons. The summed E-state index contributed by atoms with van der Waals surface area (Å²) >= 11 is 2.85. The number of hydrogen-bond donors (Lipinski definition) is 0. The quantitative estimate of drug-likeness (QED) is 0.442. The van der Waals surface area contributed by atoms with E-state index in [1.54, 1.807) is 16.7 Å². The van der Waals surface area contributed by atoms with E-state index in [0.717, 1.165) is 10.8 Å². The maximum absolute atomic E-state index is 12.6. The van der Waals surface area contributed by atoms with Crippen molar-refractivity contribution in [1.29, 1.82) is 0 Å². The van der Waals surface area contributed by atoms with E-state index in [9.17, 15) is 14.4 Å². The van der Waals surface area contributed by atoms with Crippen LogP contribution in [0.15, 0.2) is 34.0 Å². The number of ether oxygens (including phenoxy) is 1. The summed E-state index contributed by atoms with van der Waals surface area (Å²) in [4.78, 5) is 44.6. The molecular weight excluding hydrogens is 434 g/mol. The minimum absolute atomic E-state index is 0.00236. The standard InChI is InChI=1S/C22H27N3O4S2/c1-3-16-5-7-17(8-6-16)19(26)15-31-21-23-18(14-30-21)13-20(27)24-9-11-25(12-10-24)22(28)29-4-2/h5-8,14H,3-4,9-13,15H2,1-2H3. The molecule has 1 aromatic carbocycles. The number of carbonyl (C=O) groups excluding carboxylic acids is 3. The predicted octanol–water partition coefficient (Wildman–Crippen LogP) is 3.52. The Morgan fingerprint density at radius 3 is 2.39 bits per heavy atom. The van der Waals surface area contributed by atoms with Gasteiger partial charge < -0.3 is 14.5 Å². The maximum Gasteiger partial charge on any atom is 0.409 e. The van der Waals surface area contributed by atoms with Gasteiger partial charge in [-0.2, -0.15) is 0 Å². The number of thioether (sulfide) groups is 1. The van der Waals surface area contributed by atoms with Gasteiger partial charge in [0.25, 0.3) is 0 Å². The van der Waals surface area contributed by atoms with E-state index in [1.165, 1.54) is 28.7 Å². The molecule has 7 nitrogen and oxygen atoms in total. The fourth-order valence-corrected chi connectivity index (χ4v) is 4.93. The van der Waals surface area contributed by atoms with E-state index in [1.807, 2.05) is 29.6 Å². The Balaban J connectivity index is 1.44. The molecule has 1 saturated heterocycles. The monoisotopic (exact) mass is 461 g/mol. The van der Waals surface area contributed by atoms with E-state index < -0.39 is 0 Å². The van der Waals surface area contributed by atoms with Crippen molar-refractivity contribution in [1.82, 2.24) is 14.8 Å². The number of carbonyl (C=O) groups is 3. The molecule has 0 aliphatic carbocycles. The zero-order chi connectivity index (χ0) is 22.2. The highest BCUT2D eigenvalue weighted by molar-refractivity contribution is 8.01. The van der Waals surface area contributed by atoms with Gasteiger partial charge in [0.05, 0.1) is 24.5 Å². The molecule has 0 bridgehead atoms. The Morgan fingerprint density at radius 1 is 1.06 bits per heavy atom. The van der Waals surface area contributed by atoms with E-state index in [0.29, 0.717) is 49.8 Å². The second kappa shape index (κ2) is 11.3.